The molecule has 1 aliphatic rings. The van der Waals surface area contributed by atoms with Crippen LogP contribution in [0.1, 0.15) is 18.9 Å². The summed E-state index contributed by atoms with van der Waals surface area (Å²) in [6.07, 6.45) is 0.770. The molecule has 1 atom stereocenters. The molecule has 0 aliphatic carbocycles. The Balaban J connectivity index is 0.00000242. The standard InChI is InChI=1S/C14H21ClN2O3S.ClH/c1-10-6-12(20-3)11(15)7-13(10)21(18,19)17-5-4-14(2,8-16)9-17;/h6-7H,4-5,8-9,16H2,1-3H3;1H. The molecule has 0 bridgehead atoms. The van der Waals surface area contributed by atoms with Gasteiger partial charge in [0.15, 0.2) is 0 Å². The third-order valence-electron chi connectivity index (χ3n) is 4.08. The molecule has 0 radical (unpaired) electrons. The zero-order chi connectivity index (χ0) is 15.8. The number of aryl methyl sites for hydroxylation is 1. The molecule has 126 valence electrons. The number of sulfonamides is 1. The molecule has 1 saturated heterocycles. The van der Waals surface area contributed by atoms with E-state index in [9.17, 15) is 8.42 Å². The molecule has 1 unspecified atom stereocenters. The highest BCUT2D eigenvalue weighted by atomic mass is 35.5. The fraction of sp³-hybridized carbons (Fsp3) is 0.571. The van der Waals surface area contributed by atoms with Crippen LogP contribution in [0.15, 0.2) is 17.0 Å². The zero-order valence-corrected chi connectivity index (χ0v) is 15.3. The molecule has 1 fully saturated rings. The first kappa shape index (κ1) is 19.5. The molecular formula is C14H22Cl2N2O3S. The topological polar surface area (TPSA) is 72.6 Å². The first-order valence-electron chi connectivity index (χ1n) is 6.78. The number of ether oxygens (including phenoxy) is 1. The molecule has 0 spiro atoms. The predicted octanol–water partition coefficient (Wildman–Crippen LogP) is 2.44. The van der Waals surface area contributed by atoms with Crippen molar-refractivity contribution in [2.24, 2.45) is 11.1 Å². The molecule has 0 amide bonds. The molecule has 0 aromatic heterocycles. The van der Waals surface area contributed by atoms with E-state index in [-0.39, 0.29) is 22.7 Å². The van der Waals surface area contributed by atoms with Gasteiger partial charge >= 0.3 is 0 Å². The smallest absolute Gasteiger partial charge is 0.243 e. The highest BCUT2D eigenvalue weighted by Crippen LogP contribution is 2.36. The average Bonchev–Trinajstić information content (AvgIpc) is 2.85. The van der Waals surface area contributed by atoms with Crippen LogP contribution in [0.3, 0.4) is 0 Å². The summed E-state index contributed by atoms with van der Waals surface area (Å²) in [5, 5.41) is 0.294. The summed E-state index contributed by atoms with van der Waals surface area (Å²) >= 11 is 6.07. The van der Waals surface area contributed by atoms with Crippen LogP contribution in [0.2, 0.25) is 5.02 Å². The SMILES string of the molecule is COc1cc(C)c(S(=O)(=O)N2CCC(C)(CN)C2)cc1Cl.Cl. The minimum Gasteiger partial charge on any atom is -0.495 e. The molecule has 1 heterocycles. The Morgan fingerprint density at radius 3 is 2.59 bits per heavy atom. The minimum atomic E-state index is -3.56. The van der Waals surface area contributed by atoms with Crippen molar-refractivity contribution < 1.29 is 13.2 Å². The van der Waals surface area contributed by atoms with E-state index in [4.69, 9.17) is 22.1 Å². The molecule has 1 aliphatic heterocycles. The van der Waals surface area contributed by atoms with Gasteiger partial charge in [-0.2, -0.15) is 4.31 Å². The van der Waals surface area contributed by atoms with Crippen molar-refractivity contribution in [3.63, 3.8) is 0 Å². The van der Waals surface area contributed by atoms with Crippen LogP contribution < -0.4 is 10.5 Å². The van der Waals surface area contributed by atoms with Crippen molar-refractivity contribution in [3.05, 3.63) is 22.7 Å². The normalized spacial score (nSPS) is 22.4. The number of rotatable bonds is 4. The van der Waals surface area contributed by atoms with Gasteiger partial charge in [-0.1, -0.05) is 18.5 Å². The summed E-state index contributed by atoms with van der Waals surface area (Å²) < 4.78 is 32.2. The molecule has 2 rings (SSSR count). The molecular weight excluding hydrogens is 347 g/mol. The molecule has 2 N–H and O–H groups in total. The summed E-state index contributed by atoms with van der Waals surface area (Å²) in [7, 11) is -2.06. The largest absolute Gasteiger partial charge is 0.495 e. The minimum absolute atomic E-state index is 0. The lowest BCUT2D eigenvalue weighted by atomic mass is 9.90. The Labute approximate surface area is 143 Å². The van der Waals surface area contributed by atoms with Crippen LogP contribution in [0.25, 0.3) is 0 Å². The van der Waals surface area contributed by atoms with E-state index in [1.165, 1.54) is 17.5 Å². The van der Waals surface area contributed by atoms with E-state index in [0.717, 1.165) is 6.42 Å². The first-order valence-corrected chi connectivity index (χ1v) is 8.60. The Morgan fingerprint density at radius 1 is 1.45 bits per heavy atom. The maximum atomic E-state index is 12.8. The predicted molar refractivity (Wildman–Crippen MR) is 90.5 cm³/mol. The van der Waals surface area contributed by atoms with Gasteiger partial charge in [0.25, 0.3) is 0 Å². The highest BCUT2D eigenvalue weighted by molar-refractivity contribution is 7.89. The molecule has 1 aromatic carbocycles. The lowest BCUT2D eigenvalue weighted by molar-refractivity contribution is 0.349. The van der Waals surface area contributed by atoms with E-state index in [1.807, 2.05) is 6.92 Å². The Bertz CT molecular complexity index is 652. The molecule has 22 heavy (non-hydrogen) atoms. The van der Waals surface area contributed by atoms with Crippen molar-refractivity contribution in [1.29, 1.82) is 0 Å². The fourth-order valence-electron chi connectivity index (χ4n) is 2.56. The van der Waals surface area contributed by atoms with Crippen LogP contribution in [0, 0.1) is 12.3 Å². The van der Waals surface area contributed by atoms with Gasteiger partial charge in [-0.05, 0) is 43.0 Å². The van der Waals surface area contributed by atoms with Crippen LogP contribution in [-0.4, -0.2) is 39.5 Å². The van der Waals surface area contributed by atoms with Crippen LogP contribution in [0.5, 0.6) is 5.75 Å². The van der Waals surface area contributed by atoms with Gasteiger partial charge in [0, 0.05) is 13.1 Å². The number of methoxy groups -OCH3 is 1. The summed E-state index contributed by atoms with van der Waals surface area (Å²) in [4.78, 5) is 0.231. The highest BCUT2D eigenvalue weighted by Gasteiger charge is 2.39. The van der Waals surface area contributed by atoms with Crippen molar-refractivity contribution in [3.8, 4) is 5.75 Å². The van der Waals surface area contributed by atoms with Crippen molar-refractivity contribution in [2.45, 2.75) is 25.2 Å². The quantitative estimate of drug-likeness (QED) is 0.885. The number of nitrogens with zero attached hydrogens (tertiary/aromatic N) is 1. The zero-order valence-electron chi connectivity index (χ0n) is 12.9. The lowest BCUT2D eigenvalue weighted by Gasteiger charge is -2.23. The average molecular weight is 369 g/mol. The Kier molecular flexibility index (Phi) is 6.14. The number of halogens is 2. The second-order valence-electron chi connectivity index (χ2n) is 5.86. The Hall–Kier alpha value is -0.530. The summed E-state index contributed by atoms with van der Waals surface area (Å²) in [6.45, 7) is 5.15. The van der Waals surface area contributed by atoms with E-state index >= 15 is 0 Å². The molecule has 1 aromatic rings. The van der Waals surface area contributed by atoms with Gasteiger partial charge in [0.1, 0.15) is 5.75 Å². The number of hydrogen-bond donors (Lipinski definition) is 1. The Morgan fingerprint density at radius 2 is 2.09 bits per heavy atom. The van der Waals surface area contributed by atoms with Gasteiger partial charge in [0.2, 0.25) is 10.0 Å². The summed E-state index contributed by atoms with van der Waals surface area (Å²) in [5.41, 5.74) is 6.21. The third kappa shape index (κ3) is 3.51. The van der Waals surface area contributed by atoms with Gasteiger partial charge < -0.3 is 10.5 Å². The maximum absolute atomic E-state index is 12.8. The van der Waals surface area contributed by atoms with Crippen LogP contribution >= 0.6 is 24.0 Å². The van der Waals surface area contributed by atoms with Crippen LogP contribution in [0.4, 0.5) is 0 Å². The maximum Gasteiger partial charge on any atom is 0.243 e. The monoisotopic (exact) mass is 368 g/mol. The molecule has 5 nitrogen and oxygen atoms in total. The second kappa shape index (κ2) is 6.93. The van der Waals surface area contributed by atoms with E-state index in [0.29, 0.717) is 36.0 Å². The van der Waals surface area contributed by atoms with Crippen molar-refractivity contribution in [1.82, 2.24) is 4.31 Å². The van der Waals surface area contributed by atoms with Gasteiger partial charge in [-0.25, -0.2) is 8.42 Å². The van der Waals surface area contributed by atoms with Crippen molar-refractivity contribution >= 4 is 34.0 Å². The molecule has 8 heteroatoms. The van der Waals surface area contributed by atoms with Crippen LogP contribution in [-0.2, 0) is 10.0 Å². The fourth-order valence-corrected chi connectivity index (χ4v) is 4.69. The van der Waals surface area contributed by atoms with E-state index in [2.05, 4.69) is 0 Å². The second-order valence-corrected chi connectivity index (χ2v) is 8.17. The van der Waals surface area contributed by atoms with Gasteiger partial charge in [-0.15, -0.1) is 12.4 Å². The lowest BCUT2D eigenvalue weighted by Crippen LogP contribution is -2.34. The first-order chi connectivity index (χ1) is 9.73. The summed E-state index contributed by atoms with van der Waals surface area (Å²) in [5.74, 6) is 0.473. The van der Waals surface area contributed by atoms with E-state index < -0.39 is 10.0 Å². The number of benzene rings is 1. The molecule has 0 saturated carbocycles. The third-order valence-corrected chi connectivity index (χ3v) is 6.37. The number of hydrogen-bond acceptors (Lipinski definition) is 4. The van der Waals surface area contributed by atoms with Crippen molar-refractivity contribution in [2.75, 3.05) is 26.7 Å². The van der Waals surface area contributed by atoms with E-state index in [1.54, 1.807) is 13.0 Å². The summed E-state index contributed by atoms with van der Waals surface area (Å²) in [6, 6.07) is 3.11. The number of nitrogens with two attached hydrogens (primary N) is 1. The van der Waals surface area contributed by atoms with Gasteiger partial charge in [-0.3, -0.25) is 0 Å². The van der Waals surface area contributed by atoms with Gasteiger partial charge in [0.05, 0.1) is 17.0 Å².